The first-order valence-electron chi connectivity index (χ1n) is 4.05. The van der Waals surface area contributed by atoms with Gasteiger partial charge in [0.25, 0.3) is 0 Å². The minimum atomic E-state index is -0.706. The third-order valence-electron chi connectivity index (χ3n) is 2.20. The molecule has 64 valence electrons. The van der Waals surface area contributed by atoms with E-state index in [2.05, 4.69) is 0 Å². The second kappa shape index (κ2) is 3.83. The first-order valence-corrected chi connectivity index (χ1v) is 4.05. The van der Waals surface area contributed by atoms with E-state index in [1.54, 1.807) is 0 Å². The topological polar surface area (TPSA) is 57.5 Å². The quantitative estimate of drug-likeness (QED) is 0.612. The van der Waals surface area contributed by atoms with Crippen LogP contribution in [0, 0.1) is 5.92 Å². The SMILES string of the molecule is O=C1CCCC1CC(O)CO. The number of aliphatic hydroxyl groups excluding tert-OH is 2. The molecule has 1 fully saturated rings. The van der Waals surface area contributed by atoms with E-state index >= 15 is 0 Å². The van der Waals surface area contributed by atoms with Crippen LogP contribution >= 0.6 is 0 Å². The molecule has 0 heterocycles. The molecule has 0 aromatic heterocycles. The van der Waals surface area contributed by atoms with Crippen molar-refractivity contribution in [1.82, 2.24) is 0 Å². The average molecular weight is 158 g/mol. The summed E-state index contributed by atoms with van der Waals surface area (Å²) in [6.45, 7) is -0.232. The lowest BCUT2D eigenvalue weighted by Crippen LogP contribution is -2.19. The van der Waals surface area contributed by atoms with Crippen molar-refractivity contribution >= 4 is 5.78 Å². The summed E-state index contributed by atoms with van der Waals surface area (Å²) in [6.07, 6.45) is 2.22. The molecule has 0 amide bonds. The summed E-state index contributed by atoms with van der Waals surface area (Å²) >= 11 is 0. The molecule has 1 saturated carbocycles. The predicted molar refractivity (Wildman–Crippen MR) is 40.1 cm³/mol. The van der Waals surface area contributed by atoms with Crippen LogP contribution in [0.15, 0.2) is 0 Å². The van der Waals surface area contributed by atoms with Crippen molar-refractivity contribution in [1.29, 1.82) is 0 Å². The van der Waals surface area contributed by atoms with Gasteiger partial charge in [0, 0.05) is 12.3 Å². The Morgan fingerprint density at radius 3 is 2.82 bits per heavy atom. The van der Waals surface area contributed by atoms with E-state index in [0.717, 1.165) is 12.8 Å². The number of hydrogen-bond donors (Lipinski definition) is 2. The summed E-state index contributed by atoms with van der Waals surface area (Å²) < 4.78 is 0. The fourth-order valence-corrected chi connectivity index (χ4v) is 1.54. The van der Waals surface area contributed by atoms with E-state index in [-0.39, 0.29) is 18.3 Å². The molecule has 0 radical (unpaired) electrons. The van der Waals surface area contributed by atoms with E-state index < -0.39 is 6.10 Å². The molecule has 1 aliphatic carbocycles. The second-order valence-corrected chi connectivity index (χ2v) is 3.13. The molecule has 3 nitrogen and oxygen atoms in total. The standard InChI is InChI=1S/C8H14O3/c9-5-7(10)4-6-2-1-3-8(6)11/h6-7,9-10H,1-5H2. The van der Waals surface area contributed by atoms with Crippen LogP contribution in [0.2, 0.25) is 0 Å². The number of carbonyl (C=O) groups is 1. The summed E-state index contributed by atoms with van der Waals surface area (Å²) in [6, 6.07) is 0. The molecule has 0 aromatic rings. The zero-order chi connectivity index (χ0) is 8.27. The lowest BCUT2D eigenvalue weighted by atomic mass is 10.00. The molecule has 2 unspecified atom stereocenters. The maximum Gasteiger partial charge on any atom is 0.136 e. The first-order chi connectivity index (χ1) is 5.24. The second-order valence-electron chi connectivity index (χ2n) is 3.13. The Morgan fingerprint density at radius 1 is 1.64 bits per heavy atom. The lowest BCUT2D eigenvalue weighted by Gasteiger charge is -2.10. The van der Waals surface area contributed by atoms with Crippen molar-refractivity contribution in [2.75, 3.05) is 6.61 Å². The first kappa shape index (κ1) is 8.68. The average Bonchev–Trinajstić information content (AvgIpc) is 2.37. The van der Waals surface area contributed by atoms with Crippen LogP contribution in [0.1, 0.15) is 25.7 Å². The van der Waals surface area contributed by atoms with Gasteiger partial charge in [0.2, 0.25) is 0 Å². The number of hydrogen-bond acceptors (Lipinski definition) is 3. The number of aliphatic hydroxyl groups is 2. The Hall–Kier alpha value is -0.410. The number of rotatable bonds is 3. The lowest BCUT2D eigenvalue weighted by molar-refractivity contribution is -0.121. The van der Waals surface area contributed by atoms with Crippen LogP contribution in [0.3, 0.4) is 0 Å². The summed E-state index contributed by atoms with van der Waals surface area (Å²) in [5, 5.41) is 17.6. The fourth-order valence-electron chi connectivity index (χ4n) is 1.54. The van der Waals surface area contributed by atoms with Gasteiger partial charge in [-0.15, -0.1) is 0 Å². The molecule has 0 aromatic carbocycles. The maximum absolute atomic E-state index is 11.0. The van der Waals surface area contributed by atoms with Gasteiger partial charge < -0.3 is 10.2 Å². The normalized spacial score (nSPS) is 27.5. The molecule has 11 heavy (non-hydrogen) atoms. The third-order valence-corrected chi connectivity index (χ3v) is 2.20. The number of ketones is 1. The maximum atomic E-state index is 11.0. The van der Waals surface area contributed by atoms with E-state index in [4.69, 9.17) is 10.2 Å². The van der Waals surface area contributed by atoms with Crippen LogP contribution < -0.4 is 0 Å². The van der Waals surface area contributed by atoms with Gasteiger partial charge in [-0.05, 0) is 19.3 Å². The molecule has 1 aliphatic rings. The van der Waals surface area contributed by atoms with Gasteiger partial charge in [-0.1, -0.05) is 0 Å². The fraction of sp³-hybridized carbons (Fsp3) is 0.875. The third kappa shape index (κ3) is 2.27. The Labute approximate surface area is 66.0 Å². The molecule has 0 bridgehead atoms. The number of carbonyl (C=O) groups excluding carboxylic acids is 1. The Balaban J connectivity index is 2.30. The van der Waals surface area contributed by atoms with Gasteiger partial charge in [-0.25, -0.2) is 0 Å². The Morgan fingerprint density at radius 2 is 2.36 bits per heavy atom. The van der Waals surface area contributed by atoms with Crippen molar-refractivity contribution in [3.63, 3.8) is 0 Å². The minimum absolute atomic E-state index is 0.0112. The Kier molecular flexibility index (Phi) is 3.02. The Bertz CT molecular complexity index is 144. The van der Waals surface area contributed by atoms with Crippen molar-refractivity contribution in [3.8, 4) is 0 Å². The highest BCUT2D eigenvalue weighted by molar-refractivity contribution is 5.82. The van der Waals surface area contributed by atoms with Gasteiger partial charge in [0.05, 0.1) is 12.7 Å². The largest absolute Gasteiger partial charge is 0.394 e. The molecule has 2 atom stereocenters. The van der Waals surface area contributed by atoms with Crippen molar-refractivity contribution in [2.45, 2.75) is 31.8 Å². The highest BCUT2D eigenvalue weighted by Gasteiger charge is 2.26. The molecule has 0 saturated heterocycles. The zero-order valence-corrected chi connectivity index (χ0v) is 6.49. The van der Waals surface area contributed by atoms with Gasteiger partial charge in [0.1, 0.15) is 5.78 Å². The van der Waals surface area contributed by atoms with Gasteiger partial charge in [-0.3, -0.25) is 4.79 Å². The summed E-state index contributed by atoms with van der Waals surface area (Å²) in [5.41, 5.74) is 0. The van der Waals surface area contributed by atoms with Gasteiger partial charge in [0.15, 0.2) is 0 Å². The summed E-state index contributed by atoms with van der Waals surface area (Å²) in [7, 11) is 0. The predicted octanol–water partition coefficient (Wildman–Crippen LogP) is 0.0989. The highest BCUT2D eigenvalue weighted by atomic mass is 16.3. The van der Waals surface area contributed by atoms with E-state index in [9.17, 15) is 4.79 Å². The molecular weight excluding hydrogens is 144 g/mol. The van der Waals surface area contributed by atoms with E-state index in [0.29, 0.717) is 12.8 Å². The highest BCUT2D eigenvalue weighted by Crippen LogP contribution is 2.25. The van der Waals surface area contributed by atoms with Crippen LogP contribution in [-0.2, 0) is 4.79 Å². The molecule has 3 heteroatoms. The van der Waals surface area contributed by atoms with Crippen molar-refractivity contribution in [2.24, 2.45) is 5.92 Å². The number of Topliss-reactive ketones (excluding diaryl/α,β-unsaturated/α-hetero) is 1. The summed E-state index contributed by atoms with van der Waals surface area (Å²) in [5.74, 6) is 0.259. The van der Waals surface area contributed by atoms with Gasteiger partial charge in [-0.2, -0.15) is 0 Å². The van der Waals surface area contributed by atoms with Crippen LogP contribution in [0.5, 0.6) is 0 Å². The molecule has 1 rings (SSSR count). The monoisotopic (exact) mass is 158 g/mol. The van der Waals surface area contributed by atoms with Crippen LogP contribution in [0.25, 0.3) is 0 Å². The minimum Gasteiger partial charge on any atom is -0.394 e. The van der Waals surface area contributed by atoms with Crippen LogP contribution in [0.4, 0.5) is 0 Å². The van der Waals surface area contributed by atoms with Gasteiger partial charge >= 0.3 is 0 Å². The molecular formula is C8H14O3. The van der Waals surface area contributed by atoms with Crippen molar-refractivity contribution < 1.29 is 15.0 Å². The molecule has 2 N–H and O–H groups in total. The summed E-state index contributed by atoms with van der Waals surface area (Å²) in [4.78, 5) is 11.0. The van der Waals surface area contributed by atoms with E-state index in [1.807, 2.05) is 0 Å². The smallest absolute Gasteiger partial charge is 0.136 e. The zero-order valence-electron chi connectivity index (χ0n) is 6.49. The van der Waals surface area contributed by atoms with E-state index in [1.165, 1.54) is 0 Å². The van der Waals surface area contributed by atoms with Crippen molar-refractivity contribution in [3.05, 3.63) is 0 Å². The van der Waals surface area contributed by atoms with Crippen LogP contribution in [-0.4, -0.2) is 28.7 Å². The molecule has 0 spiro atoms. The molecule has 0 aliphatic heterocycles.